The van der Waals surface area contributed by atoms with E-state index in [1.54, 1.807) is 23.9 Å². The normalized spacial score (nSPS) is 10.6. The van der Waals surface area contributed by atoms with Gasteiger partial charge in [0.15, 0.2) is 0 Å². The first kappa shape index (κ1) is 12.2. The topological polar surface area (TPSA) is 99.9 Å². The van der Waals surface area contributed by atoms with E-state index in [1.807, 2.05) is 6.07 Å². The first-order valence-corrected chi connectivity index (χ1v) is 5.43. The molecule has 0 radical (unpaired) electrons. The highest BCUT2D eigenvalue weighted by molar-refractivity contribution is 5.44. The van der Waals surface area contributed by atoms with Gasteiger partial charge in [-0.1, -0.05) is 17.3 Å². The maximum absolute atomic E-state index is 10.8. The van der Waals surface area contributed by atoms with Gasteiger partial charge in [-0.3, -0.25) is 10.1 Å². The number of nitrogens with two attached hydrogens (primary N) is 1. The van der Waals surface area contributed by atoms with Gasteiger partial charge in [0.25, 0.3) is 5.69 Å². The Labute approximate surface area is 103 Å². The highest BCUT2D eigenvalue weighted by atomic mass is 16.6. The molecule has 0 fully saturated rings. The van der Waals surface area contributed by atoms with Gasteiger partial charge in [-0.05, 0) is 12.5 Å². The van der Waals surface area contributed by atoms with Crippen molar-refractivity contribution in [2.45, 2.75) is 20.0 Å². The van der Waals surface area contributed by atoms with Gasteiger partial charge in [-0.2, -0.15) is 0 Å². The van der Waals surface area contributed by atoms with Crippen LogP contribution < -0.4 is 5.73 Å². The van der Waals surface area contributed by atoms with Crippen molar-refractivity contribution in [3.8, 4) is 0 Å². The van der Waals surface area contributed by atoms with Crippen LogP contribution in [0.15, 0.2) is 24.4 Å². The molecular formula is C11H13N5O2. The van der Waals surface area contributed by atoms with Crippen LogP contribution in [0.25, 0.3) is 0 Å². The smallest absolute Gasteiger partial charge is 0.272 e. The molecule has 0 unspecified atom stereocenters. The molecule has 0 atom stereocenters. The fourth-order valence-corrected chi connectivity index (χ4v) is 1.72. The van der Waals surface area contributed by atoms with Gasteiger partial charge in [0.2, 0.25) is 0 Å². The van der Waals surface area contributed by atoms with Crippen molar-refractivity contribution in [3.63, 3.8) is 0 Å². The third-order valence-corrected chi connectivity index (χ3v) is 2.74. The van der Waals surface area contributed by atoms with Gasteiger partial charge in [-0.15, -0.1) is 5.10 Å². The van der Waals surface area contributed by atoms with Crippen molar-refractivity contribution >= 4 is 5.69 Å². The number of benzene rings is 1. The second-order valence-corrected chi connectivity index (χ2v) is 3.93. The van der Waals surface area contributed by atoms with E-state index < -0.39 is 0 Å². The first-order valence-electron chi connectivity index (χ1n) is 5.43. The fourth-order valence-electron chi connectivity index (χ4n) is 1.72. The Morgan fingerprint density at radius 1 is 1.50 bits per heavy atom. The quantitative estimate of drug-likeness (QED) is 0.641. The minimum Gasteiger partial charge on any atom is -0.325 e. The molecule has 18 heavy (non-hydrogen) atoms. The van der Waals surface area contributed by atoms with E-state index in [9.17, 15) is 10.1 Å². The Bertz CT molecular complexity index is 579. The van der Waals surface area contributed by atoms with Crippen LogP contribution in [0.3, 0.4) is 0 Å². The van der Waals surface area contributed by atoms with Crippen LogP contribution >= 0.6 is 0 Å². The molecule has 94 valence electrons. The highest BCUT2D eigenvalue weighted by Gasteiger charge is 2.13. The number of rotatable bonds is 4. The second-order valence-electron chi connectivity index (χ2n) is 3.93. The summed E-state index contributed by atoms with van der Waals surface area (Å²) in [6.07, 6.45) is 1.73. The molecule has 2 rings (SSSR count). The molecule has 7 nitrogen and oxygen atoms in total. The number of hydrogen-bond acceptors (Lipinski definition) is 5. The minimum absolute atomic E-state index is 0.117. The zero-order chi connectivity index (χ0) is 13.1. The van der Waals surface area contributed by atoms with Crippen molar-refractivity contribution in [1.29, 1.82) is 0 Å². The summed E-state index contributed by atoms with van der Waals surface area (Å²) in [5, 5.41) is 18.6. The van der Waals surface area contributed by atoms with Gasteiger partial charge in [0.1, 0.15) is 0 Å². The Kier molecular flexibility index (Phi) is 3.33. The average molecular weight is 247 g/mol. The Morgan fingerprint density at radius 2 is 2.28 bits per heavy atom. The number of nitrogens with zero attached hydrogens (tertiary/aromatic N) is 4. The van der Waals surface area contributed by atoms with Crippen molar-refractivity contribution in [1.82, 2.24) is 15.0 Å². The summed E-state index contributed by atoms with van der Waals surface area (Å²) < 4.78 is 1.62. The predicted molar refractivity (Wildman–Crippen MR) is 64.8 cm³/mol. The summed E-state index contributed by atoms with van der Waals surface area (Å²) in [6, 6.07) is 5.00. The second kappa shape index (κ2) is 4.92. The molecule has 0 amide bonds. The van der Waals surface area contributed by atoms with Crippen LogP contribution in [-0.2, 0) is 13.1 Å². The lowest BCUT2D eigenvalue weighted by atomic mass is 10.1. The van der Waals surface area contributed by atoms with Gasteiger partial charge >= 0.3 is 0 Å². The molecule has 1 aromatic carbocycles. The third kappa shape index (κ3) is 2.35. The van der Waals surface area contributed by atoms with E-state index in [-0.39, 0.29) is 10.6 Å². The number of aromatic nitrogens is 3. The lowest BCUT2D eigenvalue weighted by molar-refractivity contribution is -0.385. The van der Waals surface area contributed by atoms with Crippen molar-refractivity contribution in [2.75, 3.05) is 0 Å². The zero-order valence-electron chi connectivity index (χ0n) is 9.91. The summed E-state index contributed by atoms with van der Waals surface area (Å²) in [5.41, 5.74) is 7.75. The molecular weight excluding hydrogens is 234 g/mol. The molecule has 1 heterocycles. The molecule has 0 saturated carbocycles. The van der Waals surface area contributed by atoms with Gasteiger partial charge < -0.3 is 5.73 Å². The van der Waals surface area contributed by atoms with Crippen molar-refractivity contribution in [3.05, 3.63) is 51.3 Å². The Balaban J connectivity index is 2.29. The summed E-state index contributed by atoms with van der Waals surface area (Å²) in [5.74, 6) is 0. The Morgan fingerprint density at radius 3 is 2.89 bits per heavy atom. The van der Waals surface area contributed by atoms with Gasteiger partial charge in [0, 0.05) is 18.2 Å². The van der Waals surface area contributed by atoms with Crippen molar-refractivity contribution < 1.29 is 4.92 Å². The van der Waals surface area contributed by atoms with E-state index in [0.717, 1.165) is 5.56 Å². The van der Waals surface area contributed by atoms with Gasteiger partial charge in [-0.25, -0.2) is 4.68 Å². The number of nitro groups is 1. The zero-order valence-corrected chi connectivity index (χ0v) is 9.91. The maximum atomic E-state index is 10.8. The molecule has 0 aliphatic heterocycles. The molecule has 0 bridgehead atoms. The molecule has 2 aromatic rings. The summed E-state index contributed by atoms with van der Waals surface area (Å²) in [7, 11) is 0. The van der Waals surface area contributed by atoms with Crippen LogP contribution in [0.1, 0.15) is 16.8 Å². The monoisotopic (exact) mass is 247 g/mol. The van der Waals surface area contributed by atoms with Crippen molar-refractivity contribution in [2.24, 2.45) is 5.73 Å². The van der Waals surface area contributed by atoms with E-state index >= 15 is 0 Å². The third-order valence-electron chi connectivity index (χ3n) is 2.74. The highest BCUT2D eigenvalue weighted by Crippen LogP contribution is 2.21. The number of nitro benzene ring substituents is 1. The SMILES string of the molecule is Cc1c(Cn2cc(CN)nn2)cccc1[N+](=O)[O-]. The summed E-state index contributed by atoms with van der Waals surface area (Å²) >= 11 is 0. The molecule has 1 aromatic heterocycles. The van der Waals surface area contributed by atoms with E-state index in [2.05, 4.69) is 10.3 Å². The van der Waals surface area contributed by atoms with Crippen LogP contribution in [0.4, 0.5) is 5.69 Å². The van der Waals surface area contributed by atoms with Gasteiger partial charge in [0.05, 0.1) is 23.4 Å². The molecule has 7 heteroatoms. The molecule has 2 N–H and O–H groups in total. The van der Waals surface area contributed by atoms with E-state index in [1.165, 1.54) is 6.07 Å². The van der Waals surface area contributed by atoms with Crippen LogP contribution in [0.5, 0.6) is 0 Å². The fraction of sp³-hybridized carbons (Fsp3) is 0.273. The lowest BCUT2D eigenvalue weighted by Gasteiger charge is -2.05. The summed E-state index contributed by atoms with van der Waals surface area (Å²) in [4.78, 5) is 10.4. The average Bonchev–Trinajstić information content (AvgIpc) is 2.79. The van der Waals surface area contributed by atoms with Crippen LogP contribution in [-0.4, -0.2) is 19.9 Å². The van der Waals surface area contributed by atoms with E-state index in [4.69, 9.17) is 5.73 Å². The molecule has 0 spiro atoms. The largest absolute Gasteiger partial charge is 0.325 e. The van der Waals surface area contributed by atoms with Crippen LogP contribution in [0.2, 0.25) is 0 Å². The van der Waals surface area contributed by atoms with Crippen LogP contribution in [0, 0.1) is 17.0 Å². The summed E-state index contributed by atoms with van der Waals surface area (Å²) in [6.45, 7) is 2.50. The maximum Gasteiger partial charge on any atom is 0.272 e. The molecule has 0 aliphatic carbocycles. The minimum atomic E-state index is -0.383. The first-order chi connectivity index (χ1) is 8.61. The Hall–Kier alpha value is -2.28. The van der Waals surface area contributed by atoms with E-state index in [0.29, 0.717) is 24.3 Å². The molecule has 0 saturated heterocycles. The predicted octanol–water partition coefficient (Wildman–Crippen LogP) is 1.00. The lowest BCUT2D eigenvalue weighted by Crippen LogP contribution is -2.04. The number of hydrogen-bond donors (Lipinski definition) is 1. The molecule has 0 aliphatic rings. The standard InChI is InChI=1S/C11H13N5O2/c1-8-9(3-2-4-11(8)16(17)18)6-15-7-10(5-12)13-14-15/h2-4,7H,5-6,12H2,1H3.